The van der Waals surface area contributed by atoms with Crippen molar-refractivity contribution in [3.05, 3.63) is 69.8 Å². The molecule has 2 N–H and O–H groups in total. The van der Waals surface area contributed by atoms with Crippen molar-refractivity contribution in [3.8, 4) is 5.75 Å². The van der Waals surface area contributed by atoms with Crippen LogP contribution in [0.15, 0.2) is 62.4 Å². The van der Waals surface area contributed by atoms with Gasteiger partial charge in [0.2, 0.25) is 11.8 Å². The van der Waals surface area contributed by atoms with Gasteiger partial charge in [0.1, 0.15) is 5.75 Å². The van der Waals surface area contributed by atoms with Gasteiger partial charge in [-0.05, 0) is 77.8 Å². The molecule has 0 saturated heterocycles. The Bertz CT molecular complexity index is 1230. The molecule has 8 nitrogen and oxygen atoms in total. The number of aromatic nitrogens is 1. The molecule has 31 heavy (non-hydrogen) atoms. The van der Waals surface area contributed by atoms with Gasteiger partial charge in [-0.25, -0.2) is 13.1 Å². The average Bonchev–Trinajstić information content (AvgIpc) is 3.04. The van der Waals surface area contributed by atoms with Gasteiger partial charge in [-0.3, -0.25) is 4.79 Å². The highest BCUT2D eigenvalue weighted by atomic mass is 79.9. The fourth-order valence-electron chi connectivity index (χ4n) is 2.55. The number of ether oxygens (including phenoxy) is 1. The van der Waals surface area contributed by atoms with E-state index in [0.29, 0.717) is 22.7 Å². The van der Waals surface area contributed by atoms with E-state index in [2.05, 4.69) is 31.1 Å². The van der Waals surface area contributed by atoms with E-state index in [-0.39, 0.29) is 16.7 Å². The number of aryl methyl sites for hydroxylation is 1. The van der Waals surface area contributed by atoms with Gasteiger partial charge in [0.05, 0.1) is 22.2 Å². The van der Waals surface area contributed by atoms with Crippen molar-refractivity contribution < 1.29 is 22.5 Å². The molecule has 1 heterocycles. The summed E-state index contributed by atoms with van der Waals surface area (Å²) in [6.07, 6.45) is 3.04. The van der Waals surface area contributed by atoms with Gasteiger partial charge in [-0.2, -0.15) is 0 Å². The maximum Gasteiger partial charge on any atom is 0.264 e. The zero-order chi connectivity index (χ0) is 22.6. The van der Waals surface area contributed by atoms with Gasteiger partial charge in [0, 0.05) is 17.3 Å². The fraction of sp³-hybridized carbons (Fsp3) is 0.143. The summed E-state index contributed by atoms with van der Waals surface area (Å²) in [5.41, 5.74) is 2.48. The molecule has 0 spiro atoms. The second kappa shape index (κ2) is 9.36. The van der Waals surface area contributed by atoms with E-state index in [9.17, 15) is 13.2 Å². The van der Waals surface area contributed by atoms with Crippen molar-refractivity contribution in [2.75, 3.05) is 17.1 Å². The Hall–Kier alpha value is -3.11. The number of amides is 1. The van der Waals surface area contributed by atoms with Crippen molar-refractivity contribution >= 4 is 49.5 Å². The smallest absolute Gasteiger partial charge is 0.264 e. The molecule has 0 saturated carbocycles. The van der Waals surface area contributed by atoms with Crippen LogP contribution in [0.1, 0.15) is 16.8 Å². The molecule has 10 heteroatoms. The highest BCUT2D eigenvalue weighted by Crippen LogP contribution is 2.26. The van der Waals surface area contributed by atoms with Crippen LogP contribution in [-0.2, 0) is 14.8 Å². The number of hydrogen-bond acceptors (Lipinski definition) is 6. The molecular formula is C21H20BrN3O5S. The molecule has 1 aromatic heterocycles. The quantitative estimate of drug-likeness (QED) is 0.456. The first kappa shape index (κ1) is 22.6. The molecule has 2 aromatic carbocycles. The lowest BCUT2D eigenvalue weighted by Gasteiger charge is -2.07. The first-order chi connectivity index (χ1) is 14.7. The molecule has 3 aromatic rings. The van der Waals surface area contributed by atoms with Gasteiger partial charge >= 0.3 is 0 Å². The number of halogens is 1. The summed E-state index contributed by atoms with van der Waals surface area (Å²) in [6, 6.07) is 11.2. The highest BCUT2D eigenvalue weighted by molar-refractivity contribution is 9.10. The van der Waals surface area contributed by atoms with E-state index in [1.54, 1.807) is 33.1 Å². The van der Waals surface area contributed by atoms with Crippen LogP contribution in [0.25, 0.3) is 6.08 Å². The number of hydrogen-bond donors (Lipinski definition) is 2. The minimum absolute atomic E-state index is 0.0255. The maximum absolute atomic E-state index is 12.5. The van der Waals surface area contributed by atoms with Crippen LogP contribution < -0.4 is 14.8 Å². The van der Waals surface area contributed by atoms with Crippen LogP contribution in [-0.4, -0.2) is 26.6 Å². The van der Waals surface area contributed by atoms with Crippen LogP contribution >= 0.6 is 15.9 Å². The molecule has 0 atom stereocenters. The van der Waals surface area contributed by atoms with E-state index in [0.717, 1.165) is 10.0 Å². The van der Waals surface area contributed by atoms with E-state index in [4.69, 9.17) is 9.26 Å². The Labute approximate surface area is 188 Å². The Kier molecular flexibility index (Phi) is 6.81. The van der Waals surface area contributed by atoms with Crippen molar-refractivity contribution in [2.24, 2.45) is 0 Å². The number of nitrogens with zero attached hydrogens (tertiary/aromatic N) is 1. The monoisotopic (exact) mass is 505 g/mol. The predicted molar refractivity (Wildman–Crippen MR) is 122 cm³/mol. The van der Waals surface area contributed by atoms with Crippen LogP contribution in [0.3, 0.4) is 0 Å². The van der Waals surface area contributed by atoms with E-state index in [1.165, 1.54) is 30.3 Å². The first-order valence-electron chi connectivity index (χ1n) is 9.08. The molecule has 0 radical (unpaired) electrons. The summed E-state index contributed by atoms with van der Waals surface area (Å²) >= 11 is 3.39. The lowest BCUT2D eigenvalue weighted by atomic mass is 10.2. The second-order valence-electron chi connectivity index (χ2n) is 6.57. The Balaban J connectivity index is 1.65. The lowest BCUT2D eigenvalue weighted by molar-refractivity contribution is -0.111. The third-order valence-electron chi connectivity index (χ3n) is 4.42. The van der Waals surface area contributed by atoms with Crippen molar-refractivity contribution in [3.63, 3.8) is 0 Å². The van der Waals surface area contributed by atoms with Gasteiger partial charge in [0.15, 0.2) is 0 Å². The minimum atomic E-state index is -3.85. The number of carbonyl (C=O) groups excluding carboxylic acids is 1. The molecule has 0 aliphatic carbocycles. The largest absolute Gasteiger partial charge is 0.496 e. The summed E-state index contributed by atoms with van der Waals surface area (Å²) in [6.45, 7) is 3.43. The standard InChI is InChI=1S/C21H20BrN3O5S/c1-13-14(2)24-30-21(13)25-31(27,28)17-8-6-16(7-9-17)23-20(26)11-5-15-4-10-19(29-3)18(22)12-15/h4-12,25H,1-3H3,(H,23,26). The lowest BCUT2D eigenvalue weighted by Crippen LogP contribution is -2.13. The average molecular weight is 506 g/mol. The number of nitrogens with one attached hydrogen (secondary N) is 2. The predicted octanol–water partition coefficient (Wildman–Crippen LogP) is 4.52. The maximum atomic E-state index is 12.5. The SMILES string of the molecule is COc1ccc(C=CC(=O)Nc2ccc(S(=O)(=O)Nc3onc(C)c3C)cc2)cc1Br. The molecule has 0 aliphatic rings. The number of rotatable bonds is 7. The Morgan fingerprint density at radius 2 is 1.87 bits per heavy atom. The summed E-state index contributed by atoms with van der Waals surface area (Å²) in [4.78, 5) is 12.2. The molecule has 0 aliphatic heterocycles. The minimum Gasteiger partial charge on any atom is -0.496 e. The van der Waals surface area contributed by atoms with Crippen LogP contribution in [0.5, 0.6) is 5.75 Å². The van der Waals surface area contributed by atoms with Crippen molar-refractivity contribution in [2.45, 2.75) is 18.7 Å². The molecule has 0 bridgehead atoms. The summed E-state index contributed by atoms with van der Waals surface area (Å²) in [7, 11) is -2.27. The number of carbonyl (C=O) groups is 1. The van der Waals surface area contributed by atoms with E-state index >= 15 is 0 Å². The van der Waals surface area contributed by atoms with Crippen LogP contribution in [0, 0.1) is 13.8 Å². The fourth-order valence-corrected chi connectivity index (χ4v) is 4.16. The number of benzene rings is 2. The number of sulfonamides is 1. The third-order valence-corrected chi connectivity index (χ3v) is 6.39. The zero-order valence-electron chi connectivity index (χ0n) is 17.0. The van der Waals surface area contributed by atoms with E-state index in [1.807, 2.05) is 12.1 Å². The second-order valence-corrected chi connectivity index (χ2v) is 9.11. The first-order valence-corrected chi connectivity index (χ1v) is 11.4. The molecule has 0 unspecified atom stereocenters. The molecule has 3 rings (SSSR count). The van der Waals surface area contributed by atoms with Gasteiger partial charge in [0.25, 0.3) is 10.0 Å². The third kappa shape index (κ3) is 5.53. The van der Waals surface area contributed by atoms with Gasteiger partial charge < -0.3 is 14.6 Å². The summed E-state index contributed by atoms with van der Waals surface area (Å²) in [5, 5.41) is 6.41. The Morgan fingerprint density at radius 3 is 2.45 bits per heavy atom. The van der Waals surface area contributed by atoms with Gasteiger partial charge in [-0.1, -0.05) is 11.2 Å². The Morgan fingerprint density at radius 1 is 1.16 bits per heavy atom. The molecule has 162 valence electrons. The molecular weight excluding hydrogens is 486 g/mol. The van der Waals surface area contributed by atoms with Gasteiger partial charge in [-0.15, -0.1) is 0 Å². The van der Waals surface area contributed by atoms with Crippen molar-refractivity contribution in [1.29, 1.82) is 0 Å². The zero-order valence-corrected chi connectivity index (χ0v) is 19.4. The van der Waals surface area contributed by atoms with Crippen LogP contribution in [0.2, 0.25) is 0 Å². The normalized spacial score (nSPS) is 11.5. The highest BCUT2D eigenvalue weighted by Gasteiger charge is 2.19. The summed E-state index contributed by atoms with van der Waals surface area (Å²) in [5.74, 6) is 0.415. The summed E-state index contributed by atoms with van der Waals surface area (Å²) < 4.78 is 38.4. The van der Waals surface area contributed by atoms with Crippen LogP contribution in [0.4, 0.5) is 11.6 Å². The number of methoxy groups -OCH3 is 1. The van der Waals surface area contributed by atoms with Crippen molar-refractivity contribution in [1.82, 2.24) is 5.16 Å². The number of anilines is 2. The van der Waals surface area contributed by atoms with E-state index < -0.39 is 10.0 Å². The molecule has 0 fully saturated rings. The topological polar surface area (TPSA) is 111 Å². The molecule has 1 amide bonds.